The van der Waals surface area contributed by atoms with E-state index in [2.05, 4.69) is 27.4 Å². The average Bonchev–Trinajstić information content (AvgIpc) is 2.62. The lowest BCUT2D eigenvalue weighted by atomic mass is 10.2. The van der Waals surface area contributed by atoms with Crippen LogP contribution in [0, 0.1) is 0 Å². The highest BCUT2D eigenvalue weighted by Gasteiger charge is 2.13. The van der Waals surface area contributed by atoms with Crippen molar-refractivity contribution in [1.29, 1.82) is 0 Å². The van der Waals surface area contributed by atoms with E-state index in [4.69, 9.17) is 28.9 Å². The van der Waals surface area contributed by atoms with Crippen LogP contribution >= 0.6 is 50.5 Å². The van der Waals surface area contributed by atoms with E-state index in [0.717, 1.165) is 16.7 Å². The molecule has 2 rings (SSSR count). The molecule has 0 radical (unpaired) electrons. The third kappa shape index (κ3) is 3.12. The van der Waals surface area contributed by atoms with Crippen LogP contribution in [0.25, 0.3) is 0 Å². The molecule has 0 bridgehead atoms. The molecule has 0 aliphatic heterocycles. The minimum Gasteiger partial charge on any atom is -0.399 e. The summed E-state index contributed by atoms with van der Waals surface area (Å²) in [5.74, 6) is 0. The molecule has 0 amide bonds. The Balaban J connectivity index is 2.26. The van der Waals surface area contributed by atoms with Crippen LogP contribution in [-0.2, 0) is 6.54 Å². The van der Waals surface area contributed by atoms with Gasteiger partial charge in [-0.15, -0.1) is 11.3 Å². The highest BCUT2D eigenvalue weighted by Crippen LogP contribution is 2.36. The van der Waals surface area contributed by atoms with Gasteiger partial charge >= 0.3 is 0 Å². The second-order valence-corrected chi connectivity index (χ2v) is 6.65. The first-order valence-electron chi connectivity index (χ1n) is 5.16. The monoisotopic (exact) mass is 364 g/mol. The normalized spacial score (nSPS) is 10.7. The van der Waals surface area contributed by atoms with Crippen molar-refractivity contribution < 1.29 is 0 Å². The first-order valence-corrected chi connectivity index (χ1v) is 7.59. The number of nitrogen functional groups attached to an aromatic ring is 1. The van der Waals surface area contributed by atoms with Crippen molar-refractivity contribution in [2.75, 3.05) is 17.7 Å². The lowest BCUT2D eigenvalue weighted by Gasteiger charge is -2.21. The van der Waals surface area contributed by atoms with E-state index < -0.39 is 0 Å². The van der Waals surface area contributed by atoms with Gasteiger partial charge in [0.05, 0.1) is 22.3 Å². The summed E-state index contributed by atoms with van der Waals surface area (Å²) in [6, 6.07) is 5.51. The van der Waals surface area contributed by atoms with Gasteiger partial charge in [-0.05, 0) is 34.1 Å². The fourth-order valence-electron chi connectivity index (χ4n) is 1.70. The zero-order valence-corrected chi connectivity index (χ0v) is 13.5. The number of thiophene rings is 1. The molecule has 0 saturated carbocycles. The van der Waals surface area contributed by atoms with Crippen molar-refractivity contribution in [1.82, 2.24) is 0 Å². The Morgan fingerprint density at radius 1 is 1.28 bits per heavy atom. The van der Waals surface area contributed by atoms with E-state index >= 15 is 0 Å². The van der Waals surface area contributed by atoms with Gasteiger partial charge in [0.25, 0.3) is 0 Å². The summed E-state index contributed by atoms with van der Waals surface area (Å²) in [5, 5.41) is 3.19. The van der Waals surface area contributed by atoms with Crippen molar-refractivity contribution >= 4 is 61.8 Å². The number of nitrogens with zero attached hydrogens (tertiary/aromatic N) is 1. The van der Waals surface area contributed by atoms with Crippen LogP contribution in [0.1, 0.15) is 4.88 Å². The third-order valence-electron chi connectivity index (χ3n) is 2.44. The molecule has 0 saturated heterocycles. The van der Waals surface area contributed by atoms with E-state index in [9.17, 15) is 0 Å². The van der Waals surface area contributed by atoms with Gasteiger partial charge in [0.15, 0.2) is 0 Å². The summed E-state index contributed by atoms with van der Waals surface area (Å²) in [7, 11) is 1.96. The molecule has 0 aliphatic carbocycles. The number of benzene rings is 1. The number of anilines is 2. The van der Waals surface area contributed by atoms with Crippen LogP contribution in [0.3, 0.4) is 0 Å². The molecule has 2 nitrogen and oxygen atoms in total. The van der Waals surface area contributed by atoms with Gasteiger partial charge in [-0.1, -0.05) is 23.2 Å². The maximum absolute atomic E-state index is 6.19. The lowest BCUT2D eigenvalue weighted by Crippen LogP contribution is -2.16. The van der Waals surface area contributed by atoms with Crippen LogP contribution in [-0.4, -0.2) is 7.05 Å². The van der Waals surface area contributed by atoms with Crippen LogP contribution < -0.4 is 10.6 Å². The fraction of sp³-hybridized carbons (Fsp3) is 0.167. The third-order valence-corrected chi connectivity index (χ3v) is 4.69. The molecular weight excluding hydrogens is 355 g/mol. The summed E-state index contributed by atoms with van der Waals surface area (Å²) >= 11 is 17.5. The molecular formula is C12H11BrCl2N2S. The first-order chi connectivity index (χ1) is 8.47. The Bertz CT molecular complexity index is 548. The molecule has 0 spiro atoms. The topological polar surface area (TPSA) is 29.3 Å². The molecule has 18 heavy (non-hydrogen) atoms. The second kappa shape index (κ2) is 5.70. The highest BCUT2D eigenvalue weighted by atomic mass is 79.9. The van der Waals surface area contributed by atoms with Crippen molar-refractivity contribution in [3.63, 3.8) is 0 Å². The molecule has 6 heteroatoms. The van der Waals surface area contributed by atoms with Gasteiger partial charge < -0.3 is 10.6 Å². The van der Waals surface area contributed by atoms with Gasteiger partial charge in [-0.3, -0.25) is 0 Å². The molecule has 2 aromatic rings. The number of rotatable bonds is 3. The Hall–Kier alpha value is -0.420. The highest BCUT2D eigenvalue weighted by molar-refractivity contribution is 9.10. The minimum absolute atomic E-state index is 0.568. The molecule has 1 aromatic carbocycles. The van der Waals surface area contributed by atoms with Crippen LogP contribution in [0.4, 0.5) is 11.4 Å². The Kier molecular flexibility index (Phi) is 4.43. The lowest BCUT2D eigenvalue weighted by molar-refractivity contribution is 0.940. The number of hydrogen-bond acceptors (Lipinski definition) is 3. The van der Waals surface area contributed by atoms with Gasteiger partial charge in [-0.2, -0.15) is 0 Å². The van der Waals surface area contributed by atoms with Crippen molar-refractivity contribution in [2.24, 2.45) is 0 Å². The van der Waals surface area contributed by atoms with E-state index in [1.165, 1.54) is 4.88 Å². The predicted octanol–water partition coefficient (Wildman–Crippen LogP) is 5.04. The van der Waals surface area contributed by atoms with E-state index in [1.807, 2.05) is 11.9 Å². The molecule has 1 heterocycles. The van der Waals surface area contributed by atoms with Gasteiger partial charge in [-0.25, -0.2) is 0 Å². The maximum Gasteiger partial charge on any atom is 0.0747 e. The number of halogens is 3. The summed E-state index contributed by atoms with van der Waals surface area (Å²) in [5.41, 5.74) is 7.07. The summed E-state index contributed by atoms with van der Waals surface area (Å²) < 4.78 is 1.09. The van der Waals surface area contributed by atoms with Gasteiger partial charge in [0.1, 0.15) is 0 Å². The van der Waals surface area contributed by atoms with Gasteiger partial charge in [0.2, 0.25) is 0 Å². The van der Waals surface area contributed by atoms with Crippen molar-refractivity contribution in [2.45, 2.75) is 6.54 Å². The molecule has 0 unspecified atom stereocenters. The molecule has 96 valence electrons. The van der Waals surface area contributed by atoms with Crippen molar-refractivity contribution in [3.8, 4) is 0 Å². The maximum atomic E-state index is 6.19. The molecule has 0 fully saturated rings. The SMILES string of the molecule is CN(Cc1cc(Br)cs1)c1c(Cl)cc(N)cc1Cl. The number of hydrogen-bond donors (Lipinski definition) is 1. The standard InChI is InChI=1S/C12H11BrCl2N2S/c1-17(5-9-2-7(13)6-18-9)12-10(14)3-8(16)4-11(12)15/h2-4,6H,5,16H2,1H3. The van der Waals surface area contributed by atoms with Crippen LogP contribution in [0.5, 0.6) is 0 Å². The van der Waals surface area contributed by atoms with E-state index in [0.29, 0.717) is 15.7 Å². The van der Waals surface area contributed by atoms with Gasteiger partial charge in [0, 0.05) is 27.5 Å². The zero-order chi connectivity index (χ0) is 13.3. The second-order valence-electron chi connectivity index (χ2n) is 3.92. The largest absolute Gasteiger partial charge is 0.399 e. The summed E-state index contributed by atoms with van der Waals surface area (Å²) in [4.78, 5) is 3.25. The smallest absolute Gasteiger partial charge is 0.0747 e. The predicted molar refractivity (Wildman–Crippen MR) is 85.0 cm³/mol. The Morgan fingerprint density at radius 3 is 2.39 bits per heavy atom. The Labute approximate surface area is 128 Å². The van der Waals surface area contributed by atoms with Crippen molar-refractivity contribution in [3.05, 3.63) is 43.0 Å². The summed E-state index contributed by atoms with van der Waals surface area (Å²) in [6.07, 6.45) is 0. The number of nitrogens with two attached hydrogens (primary N) is 1. The minimum atomic E-state index is 0.568. The van der Waals surface area contributed by atoms with E-state index in [1.54, 1.807) is 23.5 Å². The summed E-state index contributed by atoms with van der Waals surface area (Å²) in [6.45, 7) is 0.750. The van der Waals surface area contributed by atoms with E-state index in [-0.39, 0.29) is 0 Å². The van der Waals surface area contributed by atoms with Crippen LogP contribution in [0.15, 0.2) is 28.1 Å². The quantitative estimate of drug-likeness (QED) is 0.772. The zero-order valence-electron chi connectivity index (χ0n) is 9.58. The molecule has 0 aliphatic rings. The Morgan fingerprint density at radius 2 is 1.89 bits per heavy atom. The molecule has 0 atom stereocenters. The molecule has 2 N–H and O–H groups in total. The molecule has 1 aromatic heterocycles. The van der Waals surface area contributed by atoms with Crippen LogP contribution in [0.2, 0.25) is 10.0 Å². The fourth-order valence-corrected chi connectivity index (χ4v) is 4.00. The average molecular weight is 366 g/mol. The first kappa shape index (κ1) is 14.0.